The van der Waals surface area contributed by atoms with E-state index in [9.17, 15) is 13.2 Å². The van der Waals surface area contributed by atoms with Crippen molar-refractivity contribution in [3.8, 4) is 11.4 Å². The Labute approximate surface area is 174 Å². The highest BCUT2D eigenvalue weighted by atomic mass is 32.2. The van der Waals surface area contributed by atoms with Gasteiger partial charge in [-0.05, 0) is 38.2 Å². The van der Waals surface area contributed by atoms with E-state index in [1.807, 2.05) is 6.92 Å². The fraction of sp³-hybridized carbons (Fsp3) is 0.632. The van der Waals surface area contributed by atoms with Crippen molar-refractivity contribution in [2.45, 2.75) is 55.6 Å². The van der Waals surface area contributed by atoms with Gasteiger partial charge in [-0.15, -0.1) is 11.3 Å². The lowest BCUT2D eigenvalue weighted by Gasteiger charge is -2.30. The van der Waals surface area contributed by atoms with Crippen molar-refractivity contribution >= 4 is 27.3 Å². The van der Waals surface area contributed by atoms with Gasteiger partial charge < -0.3 is 9.84 Å². The fourth-order valence-corrected chi connectivity index (χ4v) is 6.47. The summed E-state index contributed by atoms with van der Waals surface area (Å²) < 4.78 is 33.3. The maximum absolute atomic E-state index is 13.1. The van der Waals surface area contributed by atoms with Crippen molar-refractivity contribution in [1.29, 1.82) is 0 Å². The number of rotatable bonds is 7. The van der Waals surface area contributed by atoms with Gasteiger partial charge in [-0.2, -0.15) is 9.29 Å². The van der Waals surface area contributed by atoms with Gasteiger partial charge in [0.05, 0.1) is 5.92 Å². The second-order valence-electron chi connectivity index (χ2n) is 7.73. The smallest absolute Gasteiger partial charge is 0.252 e. The average Bonchev–Trinajstić information content (AvgIpc) is 3.35. The molecule has 1 N–H and O–H groups in total. The summed E-state index contributed by atoms with van der Waals surface area (Å²) >= 11 is 1.15. The van der Waals surface area contributed by atoms with E-state index in [1.165, 1.54) is 10.7 Å². The van der Waals surface area contributed by atoms with Crippen LogP contribution in [0.4, 0.5) is 0 Å². The maximum atomic E-state index is 13.1. The Balaban J connectivity index is 1.47. The van der Waals surface area contributed by atoms with Crippen LogP contribution in [-0.2, 0) is 14.8 Å². The number of thiophene rings is 1. The number of hydrogen-bond donors (Lipinski definition) is 1. The summed E-state index contributed by atoms with van der Waals surface area (Å²) in [6.07, 6.45) is 5.55. The Bertz CT molecular complexity index is 965. The zero-order valence-corrected chi connectivity index (χ0v) is 18.1. The van der Waals surface area contributed by atoms with Crippen LogP contribution in [0.3, 0.4) is 0 Å². The first kappa shape index (κ1) is 20.5. The Morgan fingerprint density at radius 2 is 2.17 bits per heavy atom. The van der Waals surface area contributed by atoms with Gasteiger partial charge in [-0.25, -0.2) is 8.42 Å². The standard InChI is InChI=1S/C19H26N4O4S2/c1-2-8-20-18(24)14-7-4-9-23(11-14)29(25,26)16-10-15(12-28-16)17-21-19(27-22-17)13-5-3-6-13/h10,12-14H,2-9,11H2,1H3,(H,20,24). The number of aromatic nitrogens is 2. The first-order valence-corrected chi connectivity index (χ1v) is 12.5. The van der Waals surface area contributed by atoms with Crippen LogP contribution in [0.5, 0.6) is 0 Å². The molecule has 1 aliphatic carbocycles. The van der Waals surface area contributed by atoms with Crippen LogP contribution in [0.15, 0.2) is 20.2 Å². The summed E-state index contributed by atoms with van der Waals surface area (Å²) in [5, 5.41) is 8.64. The SMILES string of the molecule is CCCNC(=O)C1CCCN(S(=O)(=O)c2cc(-c3noc(C4CCC4)n3)cs2)C1. The van der Waals surface area contributed by atoms with Crippen molar-refractivity contribution in [3.63, 3.8) is 0 Å². The molecule has 1 unspecified atom stereocenters. The van der Waals surface area contributed by atoms with Crippen LogP contribution in [0, 0.1) is 5.92 Å². The van der Waals surface area contributed by atoms with E-state index in [4.69, 9.17) is 4.52 Å². The lowest BCUT2D eigenvalue weighted by atomic mass is 9.85. The second-order valence-corrected chi connectivity index (χ2v) is 10.8. The minimum atomic E-state index is -3.65. The third kappa shape index (κ3) is 4.24. The van der Waals surface area contributed by atoms with E-state index in [-0.39, 0.29) is 22.6 Å². The molecule has 0 bridgehead atoms. The molecular formula is C19H26N4O4S2. The first-order chi connectivity index (χ1) is 14.0. The van der Waals surface area contributed by atoms with Gasteiger partial charge in [0.25, 0.3) is 10.0 Å². The normalized spacial score (nSPS) is 21.1. The van der Waals surface area contributed by atoms with Crippen molar-refractivity contribution < 1.29 is 17.7 Å². The summed E-state index contributed by atoms with van der Waals surface area (Å²) in [7, 11) is -3.65. The molecule has 29 heavy (non-hydrogen) atoms. The molecular weight excluding hydrogens is 412 g/mol. The lowest BCUT2D eigenvalue weighted by molar-refractivity contribution is -0.126. The van der Waals surface area contributed by atoms with Crippen LogP contribution in [0.2, 0.25) is 0 Å². The minimum absolute atomic E-state index is 0.0612. The van der Waals surface area contributed by atoms with Crippen LogP contribution < -0.4 is 5.32 Å². The molecule has 8 nitrogen and oxygen atoms in total. The number of carbonyl (C=O) groups excluding carboxylic acids is 1. The molecule has 3 heterocycles. The number of amides is 1. The highest BCUT2D eigenvalue weighted by Gasteiger charge is 2.34. The van der Waals surface area contributed by atoms with Gasteiger partial charge in [0.1, 0.15) is 4.21 Å². The molecule has 1 atom stereocenters. The fourth-order valence-electron chi connectivity index (χ4n) is 3.64. The van der Waals surface area contributed by atoms with E-state index >= 15 is 0 Å². The molecule has 0 aromatic carbocycles. The molecule has 4 rings (SSSR count). The molecule has 0 spiro atoms. The van der Waals surface area contributed by atoms with E-state index in [0.29, 0.717) is 49.1 Å². The van der Waals surface area contributed by atoms with Gasteiger partial charge in [0.15, 0.2) is 0 Å². The zero-order chi connectivity index (χ0) is 20.4. The maximum Gasteiger partial charge on any atom is 0.252 e. The minimum Gasteiger partial charge on any atom is -0.356 e. The molecule has 2 fully saturated rings. The summed E-state index contributed by atoms with van der Waals surface area (Å²) in [6.45, 7) is 3.26. The predicted octanol–water partition coefficient (Wildman–Crippen LogP) is 2.99. The van der Waals surface area contributed by atoms with Gasteiger partial charge in [-0.3, -0.25) is 4.79 Å². The summed E-state index contributed by atoms with van der Waals surface area (Å²) in [5.74, 6) is 1.04. The van der Waals surface area contributed by atoms with Crippen LogP contribution in [0.25, 0.3) is 11.4 Å². The average molecular weight is 439 g/mol. The van der Waals surface area contributed by atoms with Gasteiger partial charge in [0.2, 0.25) is 17.6 Å². The third-order valence-electron chi connectivity index (χ3n) is 5.63. The van der Waals surface area contributed by atoms with Crippen LogP contribution in [0.1, 0.15) is 57.3 Å². The van der Waals surface area contributed by atoms with Crippen molar-refractivity contribution in [2.24, 2.45) is 5.92 Å². The topological polar surface area (TPSA) is 105 Å². The molecule has 1 saturated carbocycles. The molecule has 1 amide bonds. The number of carbonyl (C=O) groups is 1. The van der Waals surface area contributed by atoms with Gasteiger partial charge >= 0.3 is 0 Å². The van der Waals surface area contributed by atoms with Crippen LogP contribution in [-0.4, -0.2) is 48.4 Å². The largest absolute Gasteiger partial charge is 0.356 e. The summed E-state index contributed by atoms with van der Waals surface area (Å²) in [4.78, 5) is 16.7. The Morgan fingerprint density at radius 3 is 2.90 bits per heavy atom. The lowest BCUT2D eigenvalue weighted by Crippen LogP contribution is -2.45. The van der Waals surface area contributed by atoms with E-state index in [2.05, 4.69) is 15.5 Å². The molecule has 2 aromatic rings. The Kier molecular flexibility index (Phi) is 6.03. The zero-order valence-electron chi connectivity index (χ0n) is 16.5. The highest BCUT2D eigenvalue weighted by molar-refractivity contribution is 7.91. The number of nitrogens with one attached hydrogen (secondary N) is 1. The molecule has 158 valence electrons. The van der Waals surface area contributed by atoms with E-state index in [1.54, 1.807) is 11.4 Å². The van der Waals surface area contributed by atoms with Crippen molar-refractivity contribution in [1.82, 2.24) is 19.8 Å². The van der Waals surface area contributed by atoms with Crippen molar-refractivity contribution in [3.05, 3.63) is 17.3 Å². The molecule has 1 aliphatic heterocycles. The summed E-state index contributed by atoms with van der Waals surface area (Å²) in [5.41, 5.74) is 0.650. The molecule has 0 radical (unpaired) electrons. The molecule has 2 aliphatic rings. The molecule has 10 heteroatoms. The monoisotopic (exact) mass is 438 g/mol. The second kappa shape index (κ2) is 8.53. The third-order valence-corrected chi connectivity index (χ3v) is 8.91. The van der Waals surface area contributed by atoms with Crippen LogP contribution >= 0.6 is 11.3 Å². The highest BCUT2D eigenvalue weighted by Crippen LogP contribution is 2.37. The molecule has 2 aromatic heterocycles. The number of piperidine rings is 1. The molecule has 1 saturated heterocycles. The first-order valence-electron chi connectivity index (χ1n) is 10.2. The van der Waals surface area contributed by atoms with Gasteiger partial charge in [0, 0.05) is 36.5 Å². The van der Waals surface area contributed by atoms with E-state index < -0.39 is 10.0 Å². The number of sulfonamides is 1. The quantitative estimate of drug-likeness (QED) is 0.712. The predicted molar refractivity (Wildman–Crippen MR) is 109 cm³/mol. The van der Waals surface area contributed by atoms with Crippen molar-refractivity contribution in [2.75, 3.05) is 19.6 Å². The number of nitrogens with zero attached hydrogens (tertiary/aromatic N) is 3. The van der Waals surface area contributed by atoms with E-state index in [0.717, 1.165) is 30.6 Å². The Hall–Kier alpha value is -1.78. The van der Waals surface area contributed by atoms with Gasteiger partial charge in [-0.1, -0.05) is 18.5 Å². The summed E-state index contributed by atoms with van der Waals surface area (Å²) in [6, 6.07) is 1.61. The Morgan fingerprint density at radius 1 is 1.34 bits per heavy atom. The number of hydrogen-bond acceptors (Lipinski definition) is 7.